The summed E-state index contributed by atoms with van der Waals surface area (Å²) >= 11 is 2.03. The van der Waals surface area contributed by atoms with Crippen molar-refractivity contribution in [2.75, 3.05) is 19.8 Å². The zero-order valence-electron chi connectivity index (χ0n) is 17.9. The average molecular weight is 556 g/mol. The van der Waals surface area contributed by atoms with E-state index in [0.717, 1.165) is 30.6 Å². The molecule has 0 atom stereocenters. The Labute approximate surface area is 199 Å². The van der Waals surface area contributed by atoms with Crippen molar-refractivity contribution in [1.29, 1.82) is 0 Å². The summed E-state index contributed by atoms with van der Waals surface area (Å²) in [6, 6.07) is 2.46. The first-order chi connectivity index (χ1) is 15.3. The second kappa shape index (κ2) is 10.8. The topological polar surface area (TPSA) is 111 Å². The van der Waals surface area contributed by atoms with Crippen molar-refractivity contribution >= 4 is 52.5 Å². The lowest BCUT2D eigenvalue weighted by Crippen LogP contribution is -2.57. The minimum atomic E-state index is -0.732. The lowest BCUT2D eigenvalue weighted by molar-refractivity contribution is -0.145. The van der Waals surface area contributed by atoms with Gasteiger partial charge in [0.05, 0.1) is 16.8 Å². The fourth-order valence-corrected chi connectivity index (χ4v) is 4.52. The van der Waals surface area contributed by atoms with Crippen LogP contribution in [0.3, 0.4) is 0 Å². The van der Waals surface area contributed by atoms with Crippen LogP contribution in [0.4, 0.5) is 4.79 Å². The van der Waals surface area contributed by atoms with E-state index in [-0.39, 0.29) is 24.8 Å². The van der Waals surface area contributed by atoms with Crippen molar-refractivity contribution < 1.29 is 33.4 Å². The van der Waals surface area contributed by atoms with Gasteiger partial charge in [0.2, 0.25) is 0 Å². The van der Waals surface area contributed by atoms with E-state index in [9.17, 15) is 19.2 Å². The van der Waals surface area contributed by atoms with Crippen LogP contribution in [-0.2, 0) is 19.1 Å². The number of halogens is 1. The van der Waals surface area contributed by atoms with Crippen LogP contribution in [0.25, 0.3) is 6.08 Å². The molecule has 4 amide bonds. The summed E-state index contributed by atoms with van der Waals surface area (Å²) in [5.74, 6) is -1.10. The number of nitrogens with zero attached hydrogens (tertiary/aromatic N) is 1. The summed E-state index contributed by atoms with van der Waals surface area (Å²) in [6.45, 7) is 3.83. The molecule has 1 N–H and O–H groups in total. The fourth-order valence-electron chi connectivity index (χ4n) is 3.74. The second-order valence-corrected chi connectivity index (χ2v) is 8.45. The summed E-state index contributed by atoms with van der Waals surface area (Å²) in [6.07, 6.45) is 4.79. The third-order valence-electron chi connectivity index (χ3n) is 5.11. The molecule has 172 valence electrons. The number of nitrogens with one attached hydrogen (secondary N) is 1. The van der Waals surface area contributed by atoms with Crippen LogP contribution in [0, 0.1) is 3.57 Å². The number of carbonyl (C=O) groups excluding carboxylic acids is 4. The minimum absolute atomic E-state index is 0.116. The molecular weight excluding hydrogens is 531 g/mol. The lowest BCUT2D eigenvalue weighted by Gasteiger charge is -2.31. The van der Waals surface area contributed by atoms with Crippen LogP contribution in [0.5, 0.6) is 11.5 Å². The third kappa shape index (κ3) is 5.40. The molecule has 1 aromatic carbocycles. The number of urea groups is 1. The van der Waals surface area contributed by atoms with Crippen molar-refractivity contribution in [1.82, 2.24) is 10.2 Å². The van der Waals surface area contributed by atoms with Crippen LogP contribution in [0.1, 0.15) is 45.1 Å². The second-order valence-electron chi connectivity index (χ2n) is 7.29. The molecule has 1 aliphatic heterocycles. The highest BCUT2D eigenvalue weighted by molar-refractivity contribution is 14.1. The summed E-state index contributed by atoms with van der Waals surface area (Å²) in [5.41, 5.74) is 0.412. The highest BCUT2D eigenvalue weighted by Crippen LogP contribution is 2.35. The number of carbonyl (C=O) groups is 4. The van der Waals surface area contributed by atoms with E-state index >= 15 is 0 Å². The molecule has 1 saturated carbocycles. The van der Waals surface area contributed by atoms with Crippen LogP contribution in [0.15, 0.2) is 17.7 Å². The SMILES string of the molecule is CCOC(=O)COc1c(I)cc(/C=C2\C(=O)NC(=O)N(C3CCCC3)C2=O)cc1OCC. The molecule has 0 spiro atoms. The van der Waals surface area contributed by atoms with Crippen LogP contribution >= 0.6 is 22.6 Å². The number of imide groups is 2. The maximum absolute atomic E-state index is 13.0. The van der Waals surface area contributed by atoms with Gasteiger partial charge in [-0.25, -0.2) is 9.59 Å². The van der Waals surface area contributed by atoms with E-state index in [1.165, 1.54) is 6.08 Å². The summed E-state index contributed by atoms with van der Waals surface area (Å²) in [7, 11) is 0. The summed E-state index contributed by atoms with van der Waals surface area (Å²) in [4.78, 5) is 50.5. The molecular formula is C22H25IN2O7. The Balaban J connectivity index is 1.90. The Hall–Kier alpha value is -2.63. The molecule has 0 unspecified atom stereocenters. The molecule has 1 aromatic rings. The Morgan fingerprint density at radius 1 is 1.16 bits per heavy atom. The van der Waals surface area contributed by atoms with Crippen LogP contribution < -0.4 is 14.8 Å². The van der Waals surface area contributed by atoms with Gasteiger partial charge in [-0.15, -0.1) is 0 Å². The minimum Gasteiger partial charge on any atom is -0.490 e. The zero-order valence-corrected chi connectivity index (χ0v) is 20.1. The van der Waals surface area contributed by atoms with E-state index in [4.69, 9.17) is 14.2 Å². The molecule has 3 rings (SSSR count). The Bertz CT molecular complexity index is 954. The molecule has 2 fully saturated rings. The van der Waals surface area contributed by atoms with Crippen molar-refractivity contribution in [3.05, 3.63) is 26.8 Å². The van der Waals surface area contributed by atoms with E-state index in [2.05, 4.69) is 5.32 Å². The van der Waals surface area contributed by atoms with E-state index in [0.29, 0.717) is 27.2 Å². The molecule has 32 heavy (non-hydrogen) atoms. The first-order valence-corrected chi connectivity index (χ1v) is 11.6. The van der Waals surface area contributed by atoms with E-state index in [1.807, 2.05) is 22.6 Å². The Morgan fingerprint density at radius 3 is 2.53 bits per heavy atom. The van der Waals surface area contributed by atoms with Crippen molar-refractivity contribution in [2.45, 2.75) is 45.6 Å². The molecule has 0 aromatic heterocycles. The van der Waals surface area contributed by atoms with Gasteiger partial charge >= 0.3 is 12.0 Å². The van der Waals surface area contributed by atoms with Gasteiger partial charge in [-0.05, 0) is 73.1 Å². The number of rotatable bonds is 8. The van der Waals surface area contributed by atoms with Gasteiger partial charge in [0.15, 0.2) is 18.1 Å². The number of hydrogen-bond donors (Lipinski definition) is 1. The van der Waals surface area contributed by atoms with Gasteiger partial charge in [-0.3, -0.25) is 19.8 Å². The number of barbiturate groups is 1. The van der Waals surface area contributed by atoms with Crippen LogP contribution in [-0.4, -0.2) is 54.6 Å². The van der Waals surface area contributed by atoms with Gasteiger partial charge in [-0.2, -0.15) is 0 Å². The quantitative estimate of drug-likeness (QED) is 0.227. The van der Waals surface area contributed by atoms with Gasteiger partial charge in [0.25, 0.3) is 11.8 Å². The number of amides is 4. The molecule has 2 aliphatic rings. The Kier molecular flexibility index (Phi) is 8.10. The number of ether oxygens (including phenoxy) is 3. The Morgan fingerprint density at radius 2 is 1.88 bits per heavy atom. The monoisotopic (exact) mass is 556 g/mol. The number of benzene rings is 1. The van der Waals surface area contributed by atoms with Crippen molar-refractivity contribution in [3.63, 3.8) is 0 Å². The number of hydrogen-bond acceptors (Lipinski definition) is 7. The summed E-state index contributed by atoms with van der Waals surface area (Å²) in [5, 5.41) is 2.27. The predicted octanol–water partition coefficient (Wildman–Crippen LogP) is 3.04. The molecule has 0 bridgehead atoms. The predicted molar refractivity (Wildman–Crippen MR) is 123 cm³/mol. The molecule has 10 heteroatoms. The van der Waals surface area contributed by atoms with Gasteiger partial charge in [0, 0.05) is 6.04 Å². The molecule has 0 radical (unpaired) electrons. The lowest BCUT2D eigenvalue weighted by atomic mass is 10.0. The molecule has 9 nitrogen and oxygen atoms in total. The third-order valence-corrected chi connectivity index (χ3v) is 5.91. The first kappa shape index (κ1) is 24.0. The van der Waals surface area contributed by atoms with Gasteiger partial charge < -0.3 is 14.2 Å². The molecule has 1 heterocycles. The molecule has 1 saturated heterocycles. The fraction of sp³-hybridized carbons (Fsp3) is 0.455. The highest BCUT2D eigenvalue weighted by atomic mass is 127. The number of esters is 1. The van der Waals surface area contributed by atoms with Crippen LogP contribution in [0.2, 0.25) is 0 Å². The van der Waals surface area contributed by atoms with Crippen molar-refractivity contribution in [2.24, 2.45) is 0 Å². The van der Waals surface area contributed by atoms with E-state index < -0.39 is 23.8 Å². The zero-order chi connectivity index (χ0) is 23.3. The largest absolute Gasteiger partial charge is 0.490 e. The normalized spacial score (nSPS) is 18.2. The van der Waals surface area contributed by atoms with E-state index in [1.54, 1.807) is 26.0 Å². The maximum Gasteiger partial charge on any atom is 0.344 e. The first-order valence-electron chi connectivity index (χ1n) is 10.5. The van der Waals surface area contributed by atoms with Gasteiger partial charge in [0.1, 0.15) is 5.57 Å². The molecule has 1 aliphatic carbocycles. The van der Waals surface area contributed by atoms with Gasteiger partial charge in [-0.1, -0.05) is 12.8 Å². The average Bonchev–Trinajstić information content (AvgIpc) is 3.25. The smallest absolute Gasteiger partial charge is 0.344 e. The maximum atomic E-state index is 13.0. The standard InChI is InChI=1S/C22H25IN2O7/c1-3-30-17-11-13(10-16(23)19(17)32-12-18(26)31-4-2)9-15-20(27)24-22(29)25(21(15)28)14-7-5-6-8-14/h9-11,14H,3-8,12H2,1-2H3,(H,24,27,29)/b15-9+. The summed E-state index contributed by atoms with van der Waals surface area (Å²) < 4.78 is 16.7. The highest BCUT2D eigenvalue weighted by Gasteiger charge is 2.40. The van der Waals surface area contributed by atoms with Crippen molar-refractivity contribution in [3.8, 4) is 11.5 Å².